The zero-order chi connectivity index (χ0) is 24.2. The lowest BCUT2D eigenvalue weighted by atomic mass is 10.1. The lowest BCUT2D eigenvalue weighted by Gasteiger charge is -2.23. The van der Waals surface area contributed by atoms with Crippen molar-refractivity contribution in [2.24, 2.45) is 13.0 Å². The number of hydrogen-bond donors (Lipinski definition) is 2. The van der Waals surface area contributed by atoms with Crippen molar-refractivity contribution in [2.75, 3.05) is 29.9 Å². The minimum absolute atomic E-state index is 0.00153. The molecule has 34 heavy (non-hydrogen) atoms. The number of ether oxygens (including phenoxy) is 1. The molecule has 14 heteroatoms. The van der Waals surface area contributed by atoms with Crippen LogP contribution in [0.1, 0.15) is 16.3 Å². The van der Waals surface area contributed by atoms with E-state index >= 15 is 0 Å². The van der Waals surface area contributed by atoms with Gasteiger partial charge in [0, 0.05) is 44.0 Å². The first-order chi connectivity index (χ1) is 16.1. The van der Waals surface area contributed by atoms with Crippen LogP contribution >= 0.6 is 11.6 Å². The Morgan fingerprint density at radius 3 is 2.85 bits per heavy atom. The van der Waals surface area contributed by atoms with Gasteiger partial charge in [-0.1, -0.05) is 16.8 Å². The van der Waals surface area contributed by atoms with E-state index in [0.717, 1.165) is 6.07 Å². The van der Waals surface area contributed by atoms with Gasteiger partial charge >= 0.3 is 6.01 Å². The highest BCUT2D eigenvalue weighted by atomic mass is 35.5. The van der Waals surface area contributed by atoms with Crippen molar-refractivity contribution in [3.8, 4) is 5.75 Å². The van der Waals surface area contributed by atoms with E-state index in [1.807, 2.05) is 0 Å². The van der Waals surface area contributed by atoms with Gasteiger partial charge in [0.25, 0.3) is 5.91 Å². The molecule has 3 aromatic rings. The van der Waals surface area contributed by atoms with Crippen LogP contribution in [0.3, 0.4) is 0 Å². The Morgan fingerprint density at radius 2 is 2.15 bits per heavy atom. The third-order valence-corrected chi connectivity index (χ3v) is 7.53. The number of sulfonamides is 1. The molecule has 2 atom stereocenters. The first-order valence-electron chi connectivity index (χ1n) is 10.3. The Labute approximate surface area is 198 Å². The molecule has 2 aromatic heterocycles. The van der Waals surface area contributed by atoms with Crippen LogP contribution in [0.4, 0.5) is 16.1 Å². The van der Waals surface area contributed by atoms with E-state index in [1.165, 1.54) is 29.9 Å². The van der Waals surface area contributed by atoms with Crippen LogP contribution in [0.2, 0.25) is 5.02 Å². The van der Waals surface area contributed by atoms with Crippen LogP contribution < -0.4 is 19.7 Å². The van der Waals surface area contributed by atoms with Crippen molar-refractivity contribution in [3.63, 3.8) is 0 Å². The summed E-state index contributed by atoms with van der Waals surface area (Å²) in [5.41, 5.74) is 0.251. The van der Waals surface area contributed by atoms with E-state index in [0.29, 0.717) is 24.9 Å². The molecule has 2 aliphatic rings. The molecule has 1 amide bonds. The van der Waals surface area contributed by atoms with Crippen molar-refractivity contribution < 1.29 is 26.9 Å². The molecule has 11 nitrogen and oxygen atoms in total. The number of nitrogens with zero attached hydrogens (tertiary/aromatic N) is 4. The third-order valence-electron chi connectivity index (χ3n) is 5.76. The first kappa shape index (κ1) is 22.6. The van der Waals surface area contributed by atoms with E-state index in [9.17, 15) is 17.6 Å². The summed E-state index contributed by atoms with van der Waals surface area (Å²) in [6, 6.07) is 3.58. The number of carbonyl (C=O) groups is 1. The lowest BCUT2D eigenvalue weighted by Crippen LogP contribution is -2.43. The van der Waals surface area contributed by atoms with E-state index in [4.69, 9.17) is 20.9 Å². The van der Waals surface area contributed by atoms with Crippen LogP contribution in [-0.4, -0.2) is 54.8 Å². The van der Waals surface area contributed by atoms with Gasteiger partial charge in [-0.05, 0) is 25.1 Å². The number of benzene rings is 1. The van der Waals surface area contributed by atoms with Crippen molar-refractivity contribution in [3.05, 3.63) is 46.8 Å². The van der Waals surface area contributed by atoms with Gasteiger partial charge in [0.05, 0.1) is 11.6 Å². The maximum Gasteiger partial charge on any atom is 0.324 e. The van der Waals surface area contributed by atoms with Gasteiger partial charge in [0.15, 0.2) is 17.3 Å². The van der Waals surface area contributed by atoms with Gasteiger partial charge in [-0.2, -0.15) is 4.98 Å². The van der Waals surface area contributed by atoms with Gasteiger partial charge in [0.1, 0.15) is 10.7 Å². The number of fused-ring (bicyclic) bond motifs is 2. The van der Waals surface area contributed by atoms with Crippen LogP contribution in [0.5, 0.6) is 5.75 Å². The molecule has 0 spiro atoms. The summed E-state index contributed by atoms with van der Waals surface area (Å²) >= 11 is 5.79. The lowest BCUT2D eigenvalue weighted by molar-refractivity contribution is 0.101. The van der Waals surface area contributed by atoms with Crippen LogP contribution in [0.15, 0.2) is 33.8 Å². The predicted molar refractivity (Wildman–Crippen MR) is 119 cm³/mol. The van der Waals surface area contributed by atoms with Crippen LogP contribution in [0, 0.1) is 18.7 Å². The molecule has 0 saturated carbocycles. The highest BCUT2D eigenvalue weighted by Crippen LogP contribution is 2.35. The SMILES string of the molecule is Cc1noc(N2CC3COc4c(cn(C)c4C(=O)Nc4ccc(F)c(Cl)c4)S(=O)(=O)NC3C2)n1. The number of anilines is 2. The molecule has 1 aromatic carbocycles. The van der Waals surface area contributed by atoms with E-state index in [2.05, 4.69) is 20.2 Å². The monoisotopic (exact) mass is 510 g/mol. The smallest absolute Gasteiger partial charge is 0.324 e. The molecule has 0 bridgehead atoms. The molecule has 1 fully saturated rings. The van der Waals surface area contributed by atoms with Gasteiger partial charge < -0.3 is 24.0 Å². The summed E-state index contributed by atoms with van der Waals surface area (Å²) < 4.78 is 55.1. The topological polar surface area (TPSA) is 132 Å². The minimum atomic E-state index is -4.02. The summed E-state index contributed by atoms with van der Waals surface area (Å²) in [5, 5.41) is 6.23. The molecule has 2 aliphatic heterocycles. The summed E-state index contributed by atoms with van der Waals surface area (Å²) in [5.74, 6) is -1.08. The van der Waals surface area contributed by atoms with Crippen molar-refractivity contribution >= 4 is 39.2 Å². The van der Waals surface area contributed by atoms with Crippen LogP contribution in [-0.2, 0) is 17.1 Å². The third kappa shape index (κ3) is 3.99. The Morgan fingerprint density at radius 1 is 1.35 bits per heavy atom. The molecule has 0 radical (unpaired) electrons. The highest BCUT2D eigenvalue weighted by molar-refractivity contribution is 7.89. The van der Waals surface area contributed by atoms with Crippen molar-refractivity contribution in [1.82, 2.24) is 19.4 Å². The number of hydrogen-bond acceptors (Lipinski definition) is 8. The average molecular weight is 511 g/mol. The highest BCUT2D eigenvalue weighted by Gasteiger charge is 2.42. The maximum atomic E-state index is 13.5. The molecule has 5 rings (SSSR count). The minimum Gasteiger partial charge on any atom is -0.489 e. The van der Waals surface area contributed by atoms with Crippen LogP contribution in [0.25, 0.3) is 0 Å². The Bertz CT molecular complexity index is 1390. The second kappa shape index (κ2) is 8.25. The molecule has 2 unspecified atom stereocenters. The molecular formula is C20H20ClFN6O5S. The number of amides is 1. The average Bonchev–Trinajstić information content (AvgIpc) is 3.45. The molecule has 0 aliphatic carbocycles. The summed E-state index contributed by atoms with van der Waals surface area (Å²) in [6.07, 6.45) is 1.32. The number of halogens is 2. The van der Waals surface area contributed by atoms with Gasteiger partial charge in [-0.25, -0.2) is 17.5 Å². The van der Waals surface area contributed by atoms with Crippen molar-refractivity contribution in [1.29, 1.82) is 0 Å². The molecule has 180 valence electrons. The standard InChI is InChI=1S/C20H20ClFN6O5S/c1-10-23-20(33-25-10)28-6-11-9-32-18-16(34(30,31)26-15(11)7-28)8-27(2)17(18)19(29)24-12-3-4-14(22)13(21)5-12/h3-5,8,11,15,26H,6-7,9H2,1-2H3,(H,24,29). The Hall–Kier alpha value is -3.16. The van der Waals surface area contributed by atoms with E-state index in [-0.39, 0.29) is 39.6 Å². The van der Waals surface area contributed by atoms with Gasteiger partial charge in [0.2, 0.25) is 10.0 Å². The summed E-state index contributed by atoms with van der Waals surface area (Å²) in [6.45, 7) is 2.60. The fraction of sp³-hybridized carbons (Fsp3) is 0.350. The molecule has 2 N–H and O–H groups in total. The second-order valence-corrected chi connectivity index (χ2v) is 10.3. The second-order valence-electron chi connectivity index (χ2n) is 8.19. The summed E-state index contributed by atoms with van der Waals surface area (Å²) in [4.78, 5) is 18.9. The molecular weight excluding hydrogens is 491 g/mol. The van der Waals surface area contributed by atoms with Gasteiger partial charge in [-0.15, -0.1) is 0 Å². The van der Waals surface area contributed by atoms with Gasteiger partial charge in [-0.3, -0.25) is 4.79 Å². The number of rotatable bonds is 3. The quantitative estimate of drug-likeness (QED) is 0.546. The Kier molecular flexibility index (Phi) is 5.49. The number of carbonyl (C=O) groups excluding carboxylic acids is 1. The number of nitrogens with one attached hydrogen (secondary N) is 2. The summed E-state index contributed by atoms with van der Waals surface area (Å²) in [7, 11) is -2.48. The number of aryl methyl sites for hydroxylation is 2. The first-order valence-corrected chi connectivity index (χ1v) is 12.1. The van der Waals surface area contributed by atoms with E-state index in [1.54, 1.807) is 11.8 Å². The zero-order valence-electron chi connectivity index (χ0n) is 18.1. The fourth-order valence-corrected chi connectivity index (χ4v) is 5.80. The number of aromatic nitrogens is 3. The van der Waals surface area contributed by atoms with Crippen molar-refractivity contribution in [2.45, 2.75) is 17.9 Å². The normalized spacial score (nSPS) is 21.2. The molecule has 4 heterocycles. The Balaban J connectivity index is 1.43. The fourth-order valence-electron chi connectivity index (χ4n) is 4.13. The maximum absolute atomic E-state index is 13.5. The van der Waals surface area contributed by atoms with E-state index < -0.39 is 27.8 Å². The molecule has 1 saturated heterocycles. The largest absolute Gasteiger partial charge is 0.489 e. The predicted octanol–water partition coefficient (Wildman–Crippen LogP) is 1.94. The zero-order valence-corrected chi connectivity index (χ0v) is 19.7.